The molecule has 14 heavy (non-hydrogen) atoms. The van der Waals surface area contributed by atoms with Crippen molar-refractivity contribution in [1.29, 1.82) is 0 Å². The Morgan fingerprint density at radius 2 is 2.21 bits per heavy atom. The van der Waals surface area contributed by atoms with Crippen LogP contribution in [0, 0.1) is 0 Å². The molecule has 1 aliphatic rings. The Kier molecular flexibility index (Phi) is 4.71. The van der Waals surface area contributed by atoms with Gasteiger partial charge in [-0.25, -0.2) is 0 Å². The highest BCUT2D eigenvalue weighted by Gasteiger charge is 2.18. The van der Waals surface area contributed by atoms with E-state index in [4.69, 9.17) is 11.6 Å². The van der Waals surface area contributed by atoms with E-state index in [2.05, 4.69) is 27.3 Å². The summed E-state index contributed by atoms with van der Waals surface area (Å²) in [4.78, 5) is 0. The Balaban J connectivity index is 0.000000980. The third kappa shape index (κ3) is 2.63. The lowest BCUT2D eigenvalue weighted by Gasteiger charge is -2.12. The van der Waals surface area contributed by atoms with Crippen molar-refractivity contribution in [3.05, 3.63) is 33.3 Å². The number of hydrogen-bond acceptors (Lipinski definition) is 1. The van der Waals surface area contributed by atoms with Gasteiger partial charge in [-0.2, -0.15) is 0 Å². The average Bonchev–Trinajstić information content (AvgIpc) is 2.56. The molecule has 0 aromatic heterocycles. The van der Waals surface area contributed by atoms with Gasteiger partial charge in [0.2, 0.25) is 0 Å². The summed E-state index contributed by atoms with van der Waals surface area (Å²) in [7, 11) is 0. The Labute approximate surface area is 104 Å². The Morgan fingerprint density at radius 3 is 2.79 bits per heavy atom. The maximum absolute atomic E-state index is 6.14. The molecule has 0 unspecified atom stereocenters. The van der Waals surface area contributed by atoms with E-state index in [-0.39, 0.29) is 12.4 Å². The molecule has 0 aliphatic carbocycles. The third-order valence-corrected chi connectivity index (χ3v) is 3.22. The van der Waals surface area contributed by atoms with E-state index in [0.29, 0.717) is 6.04 Å². The molecule has 2 rings (SSSR count). The number of rotatable bonds is 1. The van der Waals surface area contributed by atoms with Crippen LogP contribution in [-0.4, -0.2) is 6.54 Å². The van der Waals surface area contributed by atoms with Crippen molar-refractivity contribution in [2.45, 2.75) is 18.9 Å². The maximum atomic E-state index is 6.14. The highest BCUT2D eigenvalue weighted by molar-refractivity contribution is 9.10. The van der Waals surface area contributed by atoms with Gasteiger partial charge in [-0.15, -0.1) is 12.4 Å². The molecule has 1 aromatic carbocycles. The molecule has 1 aromatic rings. The molecule has 1 N–H and O–H groups in total. The monoisotopic (exact) mass is 295 g/mol. The van der Waals surface area contributed by atoms with Gasteiger partial charge < -0.3 is 5.32 Å². The summed E-state index contributed by atoms with van der Waals surface area (Å²) < 4.78 is 1.04. The Morgan fingerprint density at radius 1 is 1.43 bits per heavy atom. The van der Waals surface area contributed by atoms with E-state index >= 15 is 0 Å². The van der Waals surface area contributed by atoms with Crippen LogP contribution in [0.1, 0.15) is 24.4 Å². The van der Waals surface area contributed by atoms with E-state index in [1.807, 2.05) is 12.1 Å². The van der Waals surface area contributed by atoms with E-state index in [0.717, 1.165) is 16.0 Å². The standard InChI is InChI=1S/C10H11BrClN.ClH/c11-7-3-4-8(9(12)6-7)10-2-1-5-13-10;/h3-4,6,10,13H,1-2,5H2;1H/t10-;/m1./s1. The molecule has 4 heteroatoms. The van der Waals surface area contributed by atoms with Gasteiger partial charge in [-0.3, -0.25) is 0 Å². The number of hydrogen-bond donors (Lipinski definition) is 1. The van der Waals surface area contributed by atoms with E-state index in [1.54, 1.807) is 0 Å². The first-order valence-electron chi connectivity index (χ1n) is 4.46. The molecule has 0 spiro atoms. The second-order valence-electron chi connectivity index (χ2n) is 3.31. The Hall–Kier alpha value is 0.240. The fraction of sp³-hybridized carbons (Fsp3) is 0.400. The van der Waals surface area contributed by atoms with Crippen LogP contribution in [0.25, 0.3) is 0 Å². The molecule has 0 radical (unpaired) electrons. The number of nitrogens with one attached hydrogen (secondary N) is 1. The van der Waals surface area contributed by atoms with Crippen molar-refractivity contribution in [2.75, 3.05) is 6.54 Å². The zero-order valence-corrected chi connectivity index (χ0v) is 10.8. The number of benzene rings is 1. The topological polar surface area (TPSA) is 12.0 Å². The van der Waals surface area contributed by atoms with Crippen LogP contribution in [0.4, 0.5) is 0 Å². The van der Waals surface area contributed by atoms with Gasteiger partial charge in [-0.1, -0.05) is 33.6 Å². The first kappa shape index (κ1) is 12.3. The summed E-state index contributed by atoms with van der Waals surface area (Å²) in [5.41, 5.74) is 1.22. The first-order chi connectivity index (χ1) is 6.27. The van der Waals surface area contributed by atoms with Gasteiger partial charge in [0.15, 0.2) is 0 Å². The highest BCUT2D eigenvalue weighted by atomic mass is 79.9. The maximum Gasteiger partial charge on any atom is 0.0465 e. The van der Waals surface area contributed by atoms with Crippen LogP contribution in [-0.2, 0) is 0 Å². The lowest BCUT2D eigenvalue weighted by molar-refractivity contribution is 0.648. The van der Waals surface area contributed by atoms with Crippen LogP contribution in [0.5, 0.6) is 0 Å². The van der Waals surface area contributed by atoms with Gasteiger partial charge in [0.05, 0.1) is 0 Å². The minimum absolute atomic E-state index is 0. The predicted octanol–water partition coefficient (Wildman–Crippen LogP) is 3.95. The molecular formula is C10H12BrCl2N. The second-order valence-corrected chi connectivity index (χ2v) is 4.64. The van der Waals surface area contributed by atoms with Crippen LogP contribution in [0.2, 0.25) is 5.02 Å². The smallest absolute Gasteiger partial charge is 0.0465 e. The van der Waals surface area contributed by atoms with Crippen molar-refractivity contribution in [3.63, 3.8) is 0 Å². The van der Waals surface area contributed by atoms with Crippen LogP contribution >= 0.6 is 39.9 Å². The molecule has 0 amide bonds. The van der Waals surface area contributed by atoms with Crippen molar-refractivity contribution in [3.8, 4) is 0 Å². The molecule has 1 saturated heterocycles. The van der Waals surface area contributed by atoms with Crippen molar-refractivity contribution in [1.82, 2.24) is 5.32 Å². The van der Waals surface area contributed by atoms with Crippen LogP contribution < -0.4 is 5.32 Å². The van der Waals surface area contributed by atoms with Gasteiger partial charge in [0.25, 0.3) is 0 Å². The molecule has 1 heterocycles. The van der Waals surface area contributed by atoms with Crippen molar-refractivity contribution >= 4 is 39.9 Å². The van der Waals surface area contributed by atoms with Gasteiger partial charge in [0, 0.05) is 15.5 Å². The zero-order valence-electron chi connectivity index (χ0n) is 7.59. The molecular weight excluding hydrogens is 285 g/mol. The summed E-state index contributed by atoms with van der Waals surface area (Å²) in [6, 6.07) is 6.55. The zero-order chi connectivity index (χ0) is 9.26. The predicted molar refractivity (Wildman–Crippen MR) is 66.4 cm³/mol. The average molecular weight is 297 g/mol. The molecule has 78 valence electrons. The minimum atomic E-state index is 0. The molecule has 0 saturated carbocycles. The molecule has 1 atom stereocenters. The summed E-state index contributed by atoms with van der Waals surface area (Å²) >= 11 is 9.54. The number of halogens is 3. The summed E-state index contributed by atoms with van der Waals surface area (Å²) in [5.74, 6) is 0. The van der Waals surface area contributed by atoms with Crippen molar-refractivity contribution in [2.24, 2.45) is 0 Å². The first-order valence-corrected chi connectivity index (χ1v) is 5.63. The molecule has 1 nitrogen and oxygen atoms in total. The van der Waals surface area contributed by atoms with Gasteiger partial charge in [0.1, 0.15) is 0 Å². The summed E-state index contributed by atoms with van der Waals surface area (Å²) in [6.45, 7) is 1.11. The van der Waals surface area contributed by atoms with E-state index < -0.39 is 0 Å². The van der Waals surface area contributed by atoms with E-state index in [1.165, 1.54) is 18.4 Å². The minimum Gasteiger partial charge on any atom is -0.310 e. The van der Waals surface area contributed by atoms with Gasteiger partial charge >= 0.3 is 0 Å². The molecule has 1 aliphatic heterocycles. The van der Waals surface area contributed by atoms with Crippen LogP contribution in [0.15, 0.2) is 22.7 Å². The quantitative estimate of drug-likeness (QED) is 0.827. The summed E-state index contributed by atoms with van der Waals surface area (Å²) in [5, 5.41) is 4.29. The fourth-order valence-electron chi connectivity index (χ4n) is 1.73. The largest absolute Gasteiger partial charge is 0.310 e. The molecule has 0 bridgehead atoms. The van der Waals surface area contributed by atoms with Crippen LogP contribution in [0.3, 0.4) is 0 Å². The van der Waals surface area contributed by atoms with Crippen molar-refractivity contribution < 1.29 is 0 Å². The highest BCUT2D eigenvalue weighted by Crippen LogP contribution is 2.30. The van der Waals surface area contributed by atoms with E-state index in [9.17, 15) is 0 Å². The SMILES string of the molecule is Cl.Clc1cc(Br)ccc1[C@H]1CCCN1. The fourth-order valence-corrected chi connectivity index (χ4v) is 2.54. The molecule has 1 fully saturated rings. The summed E-state index contributed by atoms with van der Waals surface area (Å²) in [6.07, 6.45) is 2.44. The normalized spacial score (nSPS) is 20.6. The second kappa shape index (κ2) is 5.36. The third-order valence-electron chi connectivity index (χ3n) is 2.40. The van der Waals surface area contributed by atoms with Gasteiger partial charge in [-0.05, 0) is 37.1 Å². The Bertz CT molecular complexity index is 311. The lowest BCUT2D eigenvalue weighted by atomic mass is 10.1. The lowest BCUT2D eigenvalue weighted by Crippen LogP contribution is -2.13.